The Kier molecular flexibility index (Phi) is 3.43. The second kappa shape index (κ2) is 4.82. The highest BCUT2D eigenvalue weighted by atomic mass is 32.1. The Morgan fingerprint density at radius 1 is 1.44 bits per heavy atom. The predicted molar refractivity (Wildman–Crippen MR) is 66.1 cm³/mol. The van der Waals surface area contributed by atoms with Crippen molar-refractivity contribution in [3.05, 3.63) is 10.6 Å². The third-order valence-corrected chi connectivity index (χ3v) is 4.00. The van der Waals surface area contributed by atoms with Crippen molar-refractivity contribution < 1.29 is 4.79 Å². The summed E-state index contributed by atoms with van der Waals surface area (Å²) < 4.78 is 0. The molecule has 1 aliphatic rings. The maximum absolute atomic E-state index is 11.5. The van der Waals surface area contributed by atoms with Crippen LogP contribution < -0.4 is 10.6 Å². The van der Waals surface area contributed by atoms with Crippen LogP contribution in [0, 0.1) is 6.92 Å². The van der Waals surface area contributed by atoms with Crippen LogP contribution in [0.5, 0.6) is 0 Å². The standard InChI is InChI=1S/C11H17N3OS/c1-7-9(10(15)12-2)16-11(13-7)14-8-5-3-4-6-8/h8H,3-6H2,1-2H3,(H,12,15)(H,13,14). The van der Waals surface area contributed by atoms with Crippen LogP contribution in [-0.4, -0.2) is 24.0 Å². The Morgan fingerprint density at radius 2 is 2.12 bits per heavy atom. The number of hydrogen-bond donors (Lipinski definition) is 2. The lowest BCUT2D eigenvalue weighted by Crippen LogP contribution is -2.17. The van der Waals surface area contributed by atoms with Gasteiger partial charge in [-0.3, -0.25) is 4.79 Å². The summed E-state index contributed by atoms with van der Waals surface area (Å²) in [6, 6.07) is 0.545. The molecule has 0 atom stereocenters. The van der Waals surface area contributed by atoms with E-state index in [2.05, 4.69) is 15.6 Å². The number of nitrogens with zero attached hydrogens (tertiary/aromatic N) is 1. The van der Waals surface area contributed by atoms with Crippen molar-refractivity contribution in [3.8, 4) is 0 Å². The van der Waals surface area contributed by atoms with E-state index in [1.807, 2.05) is 6.92 Å². The minimum Gasteiger partial charge on any atom is -0.359 e. The molecule has 2 rings (SSSR count). The van der Waals surface area contributed by atoms with Gasteiger partial charge in [0.15, 0.2) is 5.13 Å². The van der Waals surface area contributed by atoms with Crippen LogP contribution in [0.15, 0.2) is 0 Å². The molecule has 1 amide bonds. The Hall–Kier alpha value is -1.10. The minimum atomic E-state index is -0.0468. The normalized spacial score (nSPS) is 16.4. The number of hydrogen-bond acceptors (Lipinski definition) is 4. The molecule has 4 nitrogen and oxygen atoms in total. The highest BCUT2D eigenvalue weighted by molar-refractivity contribution is 7.17. The van der Waals surface area contributed by atoms with Gasteiger partial charge in [0.05, 0.1) is 5.69 Å². The second-order valence-corrected chi connectivity index (χ2v) is 5.14. The zero-order chi connectivity index (χ0) is 11.5. The number of thiazole rings is 1. The number of aromatic nitrogens is 1. The third kappa shape index (κ3) is 2.35. The van der Waals surface area contributed by atoms with Gasteiger partial charge in [-0.2, -0.15) is 0 Å². The quantitative estimate of drug-likeness (QED) is 0.850. The molecule has 0 unspecified atom stereocenters. The summed E-state index contributed by atoms with van der Waals surface area (Å²) in [6.45, 7) is 1.88. The van der Waals surface area contributed by atoms with Gasteiger partial charge in [-0.05, 0) is 19.8 Å². The van der Waals surface area contributed by atoms with Crippen molar-refractivity contribution in [1.29, 1.82) is 0 Å². The molecular weight excluding hydrogens is 222 g/mol. The Labute approximate surface area is 99.5 Å². The number of amides is 1. The van der Waals surface area contributed by atoms with Crippen LogP contribution >= 0.6 is 11.3 Å². The zero-order valence-electron chi connectivity index (χ0n) is 9.67. The van der Waals surface area contributed by atoms with Crippen LogP contribution in [-0.2, 0) is 0 Å². The van der Waals surface area contributed by atoms with Crippen LogP contribution in [0.4, 0.5) is 5.13 Å². The van der Waals surface area contributed by atoms with Crippen molar-refractivity contribution in [2.45, 2.75) is 38.6 Å². The summed E-state index contributed by atoms with van der Waals surface area (Å²) >= 11 is 1.44. The summed E-state index contributed by atoms with van der Waals surface area (Å²) in [7, 11) is 1.64. The molecule has 1 saturated carbocycles. The molecule has 0 bridgehead atoms. The number of carbonyl (C=O) groups is 1. The van der Waals surface area contributed by atoms with Gasteiger partial charge >= 0.3 is 0 Å². The summed E-state index contributed by atoms with van der Waals surface area (Å²) in [5.41, 5.74) is 0.810. The molecule has 1 aromatic heterocycles. The van der Waals surface area contributed by atoms with Crippen LogP contribution in [0.2, 0.25) is 0 Å². The van der Waals surface area contributed by atoms with Gasteiger partial charge in [0.25, 0.3) is 5.91 Å². The molecule has 88 valence electrons. The van der Waals surface area contributed by atoms with Crippen LogP contribution in [0.25, 0.3) is 0 Å². The number of anilines is 1. The van der Waals surface area contributed by atoms with Gasteiger partial charge in [0.2, 0.25) is 0 Å². The van der Waals surface area contributed by atoms with E-state index in [1.54, 1.807) is 7.05 Å². The first-order valence-electron chi connectivity index (χ1n) is 5.66. The van der Waals surface area contributed by atoms with Crippen molar-refractivity contribution in [3.63, 3.8) is 0 Å². The van der Waals surface area contributed by atoms with Crippen molar-refractivity contribution in [1.82, 2.24) is 10.3 Å². The Bertz CT molecular complexity index is 383. The molecule has 1 heterocycles. The number of carbonyl (C=O) groups excluding carboxylic acids is 1. The molecule has 1 aromatic rings. The molecule has 2 N–H and O–H groups in total. The van der Waals surface area contributed by atoms with E-state index in [-0.39, 0.29) is 5.91 Å². The van der Waals surface area contributed by atoms with E-state index in [9.17, 15) is 4.79 Å². The lowest BCUT2D eigenvalue weighted by molar-refractivity contribution is 0.0966. The molecular formula is C11H17N3OS. The molecule has 0 aromatic carbocycles. The monoisotopic (exact) mass is 239 g/mol. The summed E-state index contributed by atoms with van der Waals surface area (Å²) in [5, 5.41) is 6.92. The fraction of sp³-hybridized carbons (Fsp3) is 0.636. The Morgan fingerprint density at radius 3 is 2.75 bits per heavy atom. The molecule has 0 radical (unpaired) electrons. The highest BCUT2D eigenvalue weighted by Gasteiger charge is 2.18. The molecule has 0 spiro atoms. The lowest BCUT2D eigenvalue weighted by atomic mass is 10.3. The van der Waals surface area contributed by atoms with Crippen molar-refractivity contribution >= 4 is 22.4 Å². The van der Waals surface area contributed by atoms with Gasteiger partial charge in [-0.1, -0.05) is 24.2 Å². The fourth-order valence-corrected chi connectivity index (χ4v) is 3.02. The fourth-order valence-electron chi connectivity index (χ4n) is 2.03. The molecule has 1 aliphatic carbocycles. The average molecular weight is 239 g/mol. The second-order valence-electron chi connectivity index (χ2n) is 4.14. The topological polar surface area (TPSA) is 54.0 Å². The van der Waals surface area contributed by atoms with Gasteiger partial charge in [-0.25, -0.2) is 4.98 Å². The van der Waals surface area contributed by atoms with E-state index >= 15 is 0 Å². The van der Waals surface area contributed by atoms with Crippen LogP contribution in [0.1, 0.15) is 41.0 Å². The summed E-state index contributed by atoms with van der Waals surface area (Å²) in [4.78, 5) is 16.6. The maximum Gasteiger partial charge on any atom is 0.263 e. The van der Waals surface area contributed by atoms with E-state index in [0.717, 1.165) is 10.8 Å². The first kappa shape index (κ1) is 11.4. The first-order valence-corrected chi connectivity index (χ1v) is 6.48. The van der Waals surface area contributed by atoms with Crippen LogP contribution in [0.3, 0.4) is 0 Å². The zero-order valence-corrected chi connectivity index (χ0v) is 10.5. The average Bonchev–Trinajstić information content (AvgIpc) is 2.88. The number of aryl methyl sites for hydroxylation is 1. The smallest absolute Gasteiger partial charge is 0.263 e. The summed E-state index contributed by atoms with van der Waals surface area (Å²) in [6.07, 6.45) is 5.02. The lowest BCUT2D eigenvalue weighted by Gasteiger charge is -2.09. The third-order valence-electron chi connectivity index (χ3n) is 2.91. The van der Waals surface area contributed by atoms with Gasteiger partial charge in [-0.15, -0.1) is 0 Å². The molecule has 16 heavy (non-hydrogen) atoms. The Balaban J connectivity index is 2.07. The van der Waals surface area contributed by atoms with Gasteiger partial charge in [0.1, 0.15) is 4.88 Å². The SMILES string of the molecule is CNC(=O)c1sc(NC2CCCC2)nc1C. The molecule has 5 heteroatoms. The first-order chi connectivity index (χ1) is 7.70. The van der Waals surface area contributed by atoms with E-state index in [4.69, 9.17) is 0 Å². The van der Waals surface area contributed by atoms with Crippen molar-refractivity contribution in [2.75, 3.05) is 12.4 Å². The van der Waals surface area contributed by atoms with Gasteiger partial charge in [0, 0.05) is 13.1 Å². The van der Waals surface area contributed by atoms with E-state index < -0.39 is 0 Å². The largest absolute Gasteiger partial charge is 0.359 e. The highest BCUT2D eigenvalue weighted by Crippen LogP contribution is 2.27. The van der Waals surface area contributed by atoms with Gasteiger partial charge < -0.3 is 10.6 Å². The van der Waals surface area contributed by atoms with E-state index in [0.29, 0.717) is 10.9 Å². The number of nitrogens with one attached hydrogen (secondary N) is 2. The molecule has 0 saturated heterocycles. The molecule has 1 fully saturated rings. The maximum atomic E-state index is 11.5. The molecule has 0 aliphatic heterocycles. The van der Waals surface area contributed by atoms with Crippen molar-refractivity contribution in [2.24, 2.45) is 0 Å². The summed E-state index contributed by atoms with van der Waals surface area (Å²) in [5.74, 6) is -0.0468. The number of rotatable bonds is 3. The van der Waals surface area contributed by atoms with E-state index in [1.165, 1.54) is 37.0 Å². The minimum absolute atomic E-state index is 0.0468. The predicted octanol–water partition coefficient (Wildman–Crippen LogP) is 2.17.